The summed E-state index contributed by atoms with van der Waals surface area (Å²) in [5.41, 5.74) is 1.29. The van der Waals surface area contributed by atoms with Gasteiger partial charge in [0.05, 0.1) is 5.56 Å². The summed E-state index contributed by atoms with van der Waals surface area (Å²) in [5.74, 6) is -0.467. The summed E-state index contributed by atoms with van der Waals surface area (Å²) in [6.45, 7) is 10.1. The molecular weight excluding hydrogens is 387 g/mol. The second kappa shape index (κ2) is 8.61. The molecule has 30 heavy (non-hydrogen) atoms. The summed E-state index contributed by atoms with van der Waals surface area (Å²) < 4.78 is 30.5. The van der Waals surface area contributed by atoms with Crippen molar-refractivity contribution in [3.8, 4) is 34.1 Å². The standard InChI is InChI=1S/C24H19FO5/c1-14(2)23(26)28-17-7-5-6-16(12-17)21-10-11-22(30-21)19-13-18(8-9-20(19)25)29-24(27)15(3)4/h5-13H,1,3H2,2,4H3. The quantitative estimate of drug-likeness (QED) is 0.298. The fourth-order valence-corrected chi connectivity index (χ4v) is 2.50. The van der Waals surface area contributed by atoms with Gasteiger partial charge < -0.3 is 13.9 Å². The van der Waals surface area contributed by atoms with Crippen molar-refractivity contribution in [1.82, 2.24) is 0 Å². The first-order chi connectivity index (χ1) is 14.2. The van der Waals surface area contributed by atoms with Gasteiger partial charge in [-0.3, -0.25) is 0 Å². The van der Waals surface area contributed by atoms with Crippen LogP contribution in [0.15, 0.2) is 83.3 Å². The van der Waals surface area contributed by atoms with Gasteiger partial charge in [-0.2, -0.15) is 0 Å². The Hall–Kier alpha value is -3.93. The van der Waals surface area contributed by atoms with Crippen LogP contribution in [-0.4, -0.2) is 11.9 Å². The molecule has 0 radical (unpaired) electrons. The highest BCUT2D eigenvalue weighted by Crippen LogP contribution is 2.33. The van der Waals surface area contributed by atoms with Crippen LogP contribution in [-0.2, 0) is 9.59 Å². The van der Waals surface area contributed by atoms with Crippen molar-refractivity contribution in [2.24, 2.45) is 0 Å². The van der Waals surface area contributed by atoms with Crippen LogP contribution < -0.4 is 9.47 Å². The third-order valence-electron chi connectivity index (χ3n) is 4.05. The molecule has 0 saturated carbocycles. The molecule has 152 valence electrons. The number of benzene rings is 2. The molecule has 0 unspecified atom stereocenters. The molecule has 1 aromatic heterocycles. The van der Waals surface area contributed by atoms with E-state index in [4.69, 9.17) is 13.9 Å². The molecule has 0 amide bonds. The fraction of sp³-hybridized carbons (Fsp3) is 0.0833. The van der Waals surface area contributed by atoms with E-state index >= 15 is 0 Å². The maximum atomic E-state index is 14.4. The maximum absolute atomic E-state index is 14.4. The van der Waals surface area contributed by atoms with Crippen LogP contribution >= 0.6 is 0 Å². The van der Waals surface area contributed by atoms with E-state index in [1.807, 2.05) is 0 Å². The van der Waals surface area contributed by atoms with E-state index in [2.05, 4.69) is 13.2 Å². The minimum atomic E-state index is -0.603. The zero-order valence-corrected chi connectivity index (χ0v) is 16.5. The lowest BCUT2D eigenvalue weighted by Crippen LogP contribution is -2.08. The summed E-state index contributed by atoms with van der Waals surface area (Å²) in [7, 11) is 0. The summed E-state index contributed by atoms with van der Waals surface area (Å²) in [6.07, 6.45) is 0. The molecule has 3 aromatic rings. The summed E-state index contributed by atoms with van der Waals surface area (Å²) in [4.78, 5) is 23.4. The lowest BCUT2D eigenvalue weighted by atomic mass is 10.1. The highest BCUT2D eigenvalue weighted by atomic mass is 19.1. The first-order valence-electron chi connectivity index (χ1n) is 9.00. The lowest BCUT2D eigenvalue weighted by molar-refractivity contribution is -0.130. The molecule has 3 rings (SSSR count). The molecule has 0 N–H and O–H groups in total. The number of furan rings is 1. The predicted octanol–water partition coefficient (Wildman–Crippen LogP) is 5.72. The number of halogens is 1. The normalized spacial score (nSPS) is 10.4. The molecule has 0 fully saturated rings. The maximum Gasteiger partial charge on any atom is 0.338 e. The molecule has 0 spiro atoms. The minimum absolute atomic E-state index is 0.137. The van der Waals surface area contributed by atoms with Gasteiger partial charge in [-0.05, 0) is 56.3 Å². The summed E-state index contributed by atoms with van der Waals surface area (Å²) in [5, 5.41) is 0. The smallest absolute Gasteiger partial charge is 0.338 e. The van der Waals surface area contributed by atoms with Crippen molar-refractivity contribution >= 4 is 11.9 Å². The van der Waals surface area contributed by atoms with E-state index in [0.717, 1.165) is 0 Å². The number of rotatable bonds is 6. The van der Waals surface area contributed by atoms with Gasteiger partial charge in [0.25, 0.3) is 0 Å². The Balaban J connectivity index is 1.88. The second-order valence-electron chi connectivity index (χ2n) is 6.67. The van der Waals surface area contributed by atoms with Crippen molar-refractivity contribution in [2.75, 3.05) is 0 Å². The topological polar surface area (TPSA) is 65.7 Å². The van der Waals surface area contributed by atoms with Gasteiger partial charge in [0.15, 0.2) is 0 Å². The molecule has 0 bridgehead atoms. The van der Waals surface area contributed by atoms with Crippen LogP contribution in [0.4, 0.5) is 4.39 Å². The van der Waals surface area contributed by atoms with Crippen LogP contribution in [0.1, 0.15) is 13.8 Å². The zero-order chi connectivity index (χ0) is 21.8. The number of carbonyl (C=O) groups excluding carboxylic acids is 2. The molecule has 6 heteroatoms. The van der Waals surface area contributed by atoms with Crippen LogP contribution in [0.3, 0.4) is 0 Å². The Morgan fingerprint density at radius 2 is 1.43 bits per heavy atom. The van der Waals surface area contributed by atoms with E-state index in [1.165, 1.54) is 25.1 Å². The Kier molecular flexibility index (Phi) is 5.97. The van der Waals surface area contributed by atoms with E-state index in [-0.39, 0.29) is 28.2 Å². The molecule has 0 atom stereocenters. The number of hydrogen-bond acceptors (Lipinski definition) is 5. The van der Waals surface area contributed by atoms with E-state index in [0.29, 0.717) is 17.1 Å². The summed E-state index contributed by atoms with van der Waals surface area (Å²) >= 11 is 0. The summed E-state index contributed by atoms with van der Waals surface area (Å²) in [6, 6.07) is 13.9. The molecule has 0 aliphatic rings. The first-order valence-corrected chi connectivity index (χ1v) is 9.00. The number of hydrogen-bond donors (Lipinski definition) is 0. The van der Waals surface area contributed by atoms with E-state index in [9.17, 15) is 14.0 Å². The third-order valence-corrected chi connectivity index (χ3v) is 4.05. The first kappa shape index (κ1) is 20.8. The van der Waals surface area contributed by atoms with Crippen LogP contribution in [0, 0.1) is 5.82 Å². The van der Waals surface area contributed by atoms with Crippen LogP contribution in [0.2, 0.25) is 0 Å². The second-order valence-corrected chi connectivity index (χ2v) is 6.67. The number of carbonyl (C=O) groups is 2. The predicted molar refractivity (Wildman–Crippen MR) is 110 cm³/mol. The Morgan fingerprint density at radius 1 is 0.833 bits per heavy atom. The van der Waals surface area contributed by atoms with Crippen LogP contribution in [0.25, 0.3) is 22.6 Å². The Bertz CT molecular complexity index is 1160. The Morgan fingerprint density at radius 3 is 2.07 bits per heavy atom. The average Bonchev–Trinajstić information content (AvgIpc) is 3.19. The van der Waals surface area contributed by atoms with Crippen molar-refractivity contribution < 1.29 is 27.9 Å². The molecule has 5 nitrogen and oxygen atoms in total. The molecule has 0 aliphatic carbocycles. The van der Waals surface area contributed by atoms with Gasteiger partial charge in [0.2, 0.25) is 0 Å². The highest BCUT2D eigenvalue weighted by molar-refractivity contribution is 5.89. The monoisotopic (exact) mass is 406 g/mol. The number of ether oxygens (including phenoxy) is 2. The van der Waals surface area contributed by atoms with Crippen molar-refractivity contribution in [3.63, 3.8) is 0 Å². The largest absolute Gasteiger partial charge is 0.456 e. The molecule has 0 aliphatic heterocycles. The van der Waals surface area contributed by atoms with Crippen LogP contribution in [0.5, 0.6) is 11.5 Å². The molecule has 2 aromatic carbocycles. The van der Waals surface area contributed by atoms with Crippen molar-refractivity contribution in [1.29, 1.82) is 0 Å². The minimum Gasteiger partial charge on any atom is -0.456 e. The van der Waals surface area contributed by atoms with E-state index in [1.54, 1.807) is 43.3 Å². The van der Waals surface area contributed by atoms with E-state index < -0.39 is 17.8 Å². The van der Waals surface area contributed by atoms with Gasteiger partial charge >= 0.3 is 11.9 Å². The SMILES string of the molecule is C=C(C)C(=O)Oc1cccc(-c2ccc(-c3cc(OC(=O)C(=C)C)ccc3F)o2)c1. The fourth-order valence-electron chi connectivity index (χ4n) is 2.50. The van der Waals surface area contributed by atoms with Gasteiger partial charge in [-0.15, -0.1) is 0 Å². The third kappa shape index (κ3) is 4.72. The lowest BCUT2D eigenvalue weighted by Gasteiger charge is -2.07. The molecule has 1 heterocycles. The van der Waals surface area contributed by atoms with Gasteiger partial charge in [-0.25, -0.2) is 14.0 Å². The van der Waals surface area contributed by atoms with Gasteiger partial charge in [-0.1, -0.05) is 25.3 Å². The van der Waals surface area contributed by atoms with Crippen molar-refractivity contribution in [2.45, 2.75) is 13.8 Å². The Labute approximate surface area is 173 Å². The zero-order valence-electron chi connectivity index (χ0n) is 16.5. The number of esters is 2. The molecule has 0 saturated heterocycles. The molecular formula is C24H19FO5. The highest BCUT2D eigenvalue weighted by Gasteiger charge is 2.15. The van der Waals surface area contributed by atoms with Gasteiger partial charge in [0, 0.05) is 16.7 Å². The van der Waals surface area contributed by atoms with Crippen molar-refractivity contribution in [3.05, 3.63) is 84.7 Å². The van der Waals surface area contributed by atoms with Gasteiger partial charge in [0.1, 0.15) is 28.8 Å². The average molecular weight is 406 g/mol.